The van der Waals surface area contributed by atoms with Crippen molar-refractivity contribution in [2.24, 2.45) is 0 Å². The van der Waals surface area contributed by atoms with Gasteiger partial charge in [-0.3, -0.25) is 4.79 Å². The summed E-state index contributed by atoms with van der Waals surface area (Å²) in [6, 6.07) is 7.81. The largest absolute Gasteiger partial charge is 0.481 e. The van der Waals surface area contributed by atoms with Gasteiger partial charge in [-0.1, -0.05) is 29.8 Å². The summed E-state index contributed by atoms with van der Waals surface area (Å²) in [6.45, 7) is 2.53. The summed E-state index contributed by atoms with van der Waals surface area (Å²) in [7, 11) is 1.72. The first kappa shape index (κ1) is 15.4. The van der Waals surface area contributed by atoms with Crippen molar-refractivity contribution in [2.75, 3.05) is 7.05 Å². The topological polar surface area (TPSA) is 69.6 Å². The van der Waals surface area contributed by atoms with Crippen LogP contribution in [0.15, 0.2) is 24.3 Å². The van der Waals surface area contributed by atoms with E-state index in [-0.39, 0.29) is 12.5 Å². The molecule has 1 saturated carbocycles. The van der Waals surface area contributed by atoms with Gasteiger partial charge in [0.25, 0.3) is 0 Å². The lowest BCUT2D eigenvalue weighted by Crippen LogP contribution is -2.57. The van der Waals surface area contributed by atoms with Gasteiger partial charge in [0, 0.05) is 13.6 Å². The fourth-order valence-corrected chi connectivity index (χ4v) is 2.60. The first-order valence-electron chi connectivity index (χ1n) is 7.21. The Labute approximate surface area is 125 Å². The number of nitrogens with one attached hydrogen (secondary N) is 1. The number of aliphatic carboxylic acids is 1. The zero-order valence-electron chi connectivity index (χ0n) is 12.6. The van der Waals surface area contributed by atoms with Crippen molar-refractivity contribution in [1.29, 1.82) is 0 Å². The summed E-state index contributed by atoms with van der Waals surface area (Å²) in [5, 5.41) is 11.9. The molecule has 0 spiro atoms. The molecule has 2 N–H and O–H groups in total. The summed E-state index contributed by atoms with van der Waals surface area (Å²) in [4.78, 5) is 24.7. The quantitative estimate of drug-likeness (QED) is 0.875. The molecule has 2 amide bonds. The van der Waals surface area contributed by atoms with E-state index in [0.29, 0.717) is 6.54 Å². The molecule has 21 heavy (non-hydrogen) atoms. The smallest absolute Gasteiger partial charge is 0.317 e. The van der Waals surface area contributed by atoms with Gasteiger partial charge < -0.3 is 15.3 Å². The van der Waals surface area contributed by atoms with Crippen molar-refractivity contribution in [3.8, 4) is 0 Å². The molecule has 1 fully saturated rings. The Morgan fingerprint density at radius 2 is 1.90 bits per heavy atom. The van der Waals surface area contributed by atoms with Crippen molar-refractivity contribution in [2.45, 2.75) is 44.7 Å². The van der Waals surface area contributed by atoms with Gasteiger partial charge in [-0.05, 0) is 31.7 Å². The molecule has 0 heterocycles. The van der Waals surface area contributed by atoms with Crippen molar-refractivity contribution in [1.82, 2.24) is 10.2 Å². The number of carboxylic acids is 1. The lowest BCUT2D eigenvalue weighted by molar-refractivity contribution is -0.139. The van der Waals surface area contributed by atoms with Crippen LogP contribution in [0.25, 0.3) is 0 Å². The van der Waals surface area contributed by atoms with E-state index < -0.39 is 11.5 Å². The van der Waals surface area contributed by atoms with E-state index in [2.05, 4.69) is 5.32 Å². The van der Waals surface area contributed by atoms with Crippen LogP contribution in [0.1, 0.15) is 36.8 Å². The molecule has 0 radical (unpaired) electrons. The Balaban J connectivity index is 1.92. The van der Waals surface area contributed by atoms with Crippen LogP contribution in [0.3, 0.4) is 0 Å². The van der Waals surface area contributed by atoms with E-state index in [1.54, 1.807) is 11.9 Å². The maximum atomic E-state index is 12.2. The summed E-state index contributed by atoms with van der Waals surface area (Å²) in [5.41, 5.74) is 1.68. The fourth-order valence-electron chi connectivity index (χ4n) is 2.60. The predicted molar refractivity (Wildman–Crippen MR) is 80.0 cm³/mol. The maximum absolute atomic E-state index is 12.2. The number of benzene rings is 1. The Morgan fingerprint density at radius 1 is 1.29 bits per heavy atom. The minimum absolute atomic E-state index is 0.00287. The monoisotopic (exact) mass is 290 g/mol. The normalized spacial score (nSPS) is 15.9. The number of aryl methyl sites for hydroxylation is 1. The summed E-state index contributed by atoms with van der Waals surface area (Å²) in [6.07, 6.45) is 2.44. The molecule has 0 aliphatic heterocycles. The third-order valence-corrected chi connectivity index (χ3v) is 4.06. The highest BCUT2D eigenvalue weighted by Gasteiger charge is 2.40. The SMILES string of the molecule is Cc1ccc(CN(C)C(=O)NC2(CC(=O)O)CCC2)cc1. The molecular formula is C16H22N2O3. The lowest BCUT2D eigenvalue weighted by atomic mass is 9.74. The van der Waals surface area contributed by atoms with Crippen molar-refractivity contribution < 1.29 is 14.7 Å². The first-order chi connectivity index (χ1) is 9.90. The number of hydrogen-bond donors (Lipinski definition) is 2. The van der Waals surface area contributed by atoms with Crippen LogP contribution in [0.4, 0.5) is 4.79 Å². The van der Waals surface area contributed by atoms with Gasteiger partial charge >= 0.3 is 12.0 Å². The number of rotatable bonds is 5. The number of carbonyl (C=O) groups is 2. The number of nitrogens with zero attached hydrogens (tertiary/aromatic N) is 1. The van der Waals surface area contributed by atoms with Gasteiger partial charge in [0.05, 0.1) is 12.0 Å². The van der Waals surface area contributed by atoms with E-state index in [0.717, 1.165) is 24.8 Å². The van der Waals surface area contributed by atoms with Gasteiger partial charge in [-0.25, -0.2) is 4.79 Å². The van der Waals surface area contributed by atoms with Crippen LogP contribution in [0.2, 0.25) is 0 Å². The van der Waals surface area contributed by atoms with Crippen LogP contribution in [-0.4, -0.2) is 34.6 Å². The van der Waals surface area contributed by atoms with Crippen molar-refractivity contribution in [3.05, 3.63) is 35.4 Å². The molecule has 2 rings (SSSR count). The van der Waals surface area contributed by atoms with Gasteiger partial charge in [0.2, 0.25) is 0 Å². The molecule has 0 aromatic heterocycles. The van der Waals surface area contributed by atoms with E-state index in [9.17, 15) is 9.59 Å². The molecule has 114 valence electrons. The average Bonchev–Trinajstić information content (AvgIpc) is 2.38. The van der Waals surface area contributed by atoms with Gasteiger partial charge in [-0.15, -0.1) is 0 Å². The Hall–Kier alpha value is -2.04. The molecule has 0 atom stereocenters. The molecule has 1 aliphatic carbocycles. The summed E-state index contributed by atoms with van der Waals surface area (Å²) < 4.78 is 0. The summed E-state index contributed by atoms with van der Waals surface area (Å²) >= 11 is 0. The molecule has 1 aliphatic rings. The molecule has 5 heteroatoms. The van der Waals surface area contributed by atoms with Crippen LogP contribution >= 0.6 is 0 Å². The number of hydrogen-bond acceptors (Lipinski definition) is 2. The molecule has 0 saturated heterocycles. The lowest BCUT2D eigenvalue weighted by Gasteiger charge is -2.42. The van der Waals surface area contributed by atoms with E-state index in [1.165, 1.54) is 5.56 Å². The average molecular weight is 290 g/mol. The van der Waals surface area contributed by atoms with Crippen LogP contribution < -0.4 is 5.32 Å². The third-order valence-electron chi connectivity index (χ3n) is 4.06. The number of carboxylic acid groups (broad SMARTS) is 1. The zero-order chi connectivity index (χ0) is 15.5. The van der Waals surface area contributed by atoms with Crippen LogP contribution in [-0.2, 0) is 11.3 Å². The molecule has 0 bridgehead atoms. The second-order valence-corrected chi connectivity index (χ2v) is 5.98. The van der Waals surface area contributed by atoms with Crippen molar-refractivity contribution in [3.63, 3.8) is 0 Å². The highest BCUT2D eigenvalue weighted by Crippen LogP contribution is 2.35. The van der Waals surface area contributed by atoms with Gasteiger partial charge in [0.1, 0.15) is 0 Å². The molecule has 5 nitrogen and oxygen atoms in total. The standard InChI is InChI=1S/C16H22N2O3/c1-12-4-6-13(7-5-12)11-18(2)15(21)17-16(8-3-9-16)10-14(19)20/h4-7H,3,8-11H2,1-2H3,(H,17,21)(H,19,20). The van der Waals surface area contributed by atoms with E-state index in [4.69, 9.17) is 5.11 Å². The predicted octanol–water partition coefficient (Wildman–Crippen LogP) is 2.53. The third kappa shape index (κ3) is 3.97. The number of amides is 2. The Morgan fingerprint density at radius 3 is 2.38 bits per heavy atom. The molecule has 1 aromatic carbocycles. The Kier molecular flexibility index (Phi) is 4.50. The van der Waals surface area contributed by atoms with Crippen molar-refractivity contribution >= 4 is 12.0 Å². The molecular weight excluding hydrogens is 268 g/mol. The van der Waals surface area contributed by atoms with E-state index in [1.807, 2.05) is 31.2 Å². The minimum atomic E-state index is -0.865. The van der Waals surface area contributed by atoms with Gasteiger partial charge in [-0.2, -0.15) is 0 Å². The number of urea groups is 1. The second-order valence-electron chi connectivity index (χ2n) is 5.98. The minimum Gasteiger partial charge on any atom is -0.481 e. The fraction of sp³-hybridized carbons (Fsp3) is 0.500. The Bertz CT molecular complexity index is 521. The highest BCUT2D eigenvalue weighted by atomic mass is 16.4. The van der Waals surface area contributed by atoms with E-state index >= 15 is 0 Å². The van der Waals surface area contributed by atoms with Crippen LogP contribution in [0, 0.1) is 6.92 Å². The molecule has 0 unspecified atom stereocenters. The summed E-state index contributed by atoms with van der Waals surface area (Å²) in [5.74, 6) is -0.865. The number of carbonyl (C=O) groups excluding carboxylic acids is 1. The highest BCUT2D eigenvalue weighted by molar-refractivity contribution is 5.77. The second kappa shape index (κ2) is 6.16. The molecule has 1 aromatic rings. The van der Waals surface area contributed by atoms with Gasteiger partial charge in [0.15, 0.2) is 0 Å². The maximum Gasteiger partial charge on any atom is 0.317 e. The zero-order valence-corrected chi connectivity index (χ0v) is 12.6. The van der Waals surface area contributed by atoms with Crippen LogP contribution in [0.5, 0.6) is 0 Å². The first-order valence-corrected chi connectivity index (χ1v) is 7.21.